The molecule has 1 heterocycles. The zero-order valence-corrected chi connectivity index (χ0v) is 12.0. The number of piperazine rings is 1. The van der Waals surface area contributed by atoms with E-state index in [9.17, 15) is 9.59 Å². The first-order valence-electron chi connectivity index (χ1n) is 6.30. The van der Waals surface area contributed by atoms with Crippen LogP contribution in [0.5, 0.6) is 0 Å². The van der Waals surface area contributed by atoms with Gasteiger partial charge in [-0.3, -0.25) is 14.5 Å². The molecule has 0 aliphatic carbocycles. The van der Waals surface area contributed by atoms with Gasteiger partial charge in [-0.25, -0.2) is 0 Å². The van der Waals surface area contributed by atoms with E-state index in [4.69, 9.17) is 11.6 Å². The second-order valence-corrected chi connectivity index (χ2v) is 5.44. The van der Waals surface area contributed by atoms with Crippen LogP contribution in [0.4, 0.5) is 5.69 Å². The third-order valence-corrected chi connectivity index (χ3v) is 3.89. The maximum absolute atomic E-state index is 12.6. The molecule has 19 heavy (non-hydrogen) atoms. The number of hydrogen-bond donors (Lipinski definition) is 1. The van der Waals surface area contributed by atoms with E-state index in [2.05, 4.69) is 5.32 Å². The van der Waals surface area contributed by atoms with Crippen LogP contribution in [-0.2, 0) is 9.59 Å². The zero-order chi connectivity index (χ0) is 14.2. The highest BCUT2D eigenvalue weighted by Crippen LogP contribution is 2.28. The summed E-state index contributed by atoms with van der Waals surface area (Å²) in [7, 11) is 0. The fourth-order valence-corrected chi connectivity index (χ4v) is 2.38. The lowest BCUT2D eigenvalue weighted by Crippen LogP contribution is -2.68. The molecule has 2 atom stereocenters. The second kappa shape index (κ2) is 4.85. The van der Waals surface area contributed by atoms with Crippen molar-refractivity contribution in [3.05, 3.63) is 29.3 Å². The molecular weight excluding hydrogens is 264 g/mol. The molecule has 0 bridgehead atoms. The van der Waals surface area contributed by atoms with Crippen LogP contribution in [0.25, 0.3) is 0 Å². The van der Waals surface area contributed by atoms with Gasteiger partial charge in [-0.05, 0) is 38.5 Å². The van der Waals surface area contributed by atoms with Crippen molar-refractivity contribution in [3.63, 3.8) is 0 Å². The van der Waals surface area contributed by atoms with Crippen molar-refractivity contribution >= 4 is 29.1 Å². The molecule has 2 rings (SSSR count). The summed E-state index contributed by atoms with van der Waals surface area (Å²) in [6, 6.07) is 6.46. The Kier molecular flexibility index (Phi) is 3.54. The quantitative estimate of drug-likeness (QED) is 0.904. The van der Waals surface area contributed by atoms with Crippen LogP contribution >= 0.6 is 11.6 Å². The first-order valence-corrected chi connectivity index (χ1v) is 6.68. The fraction of sp³-hybridized carbons (Fsp3) is 0.429. The Bertz CT molecular complexity index is 532. The molecule has 0 aromatic heterocycles. The smallest absolute Gasteiger partial charge is 0.253 e. The van der Waals surface area contributed by atoms with Crippen LogP contribution in [0.15, 0.2) is 24.3 Å². The lowest BCUT2D eigenvalue weighted by atomic mass is 9.92. The molecule has 2 amide bonds. The normalized spacial score (nSPS) is 27.4. The molecule has 1 aromatic rings. The number of carbonyl (C=O) groups excluding carboxylic acids is 2. The van der Waals surface area contributed by atoms with Crippen molar-refractivity contribution in [3.8, 4) is 0 Å². The van der Waals surface area contributed by atoms with E-state index in [1.165, 1.54) is 4.90 Å². The molecule has 102 valence electrons. The van der Waals surface area contributed by atoms with Crippen molar-refractivity contribution < 1.29 is 9.59 Å². The van der Waals surface area contributed by atoms with Gasteiger partial charge in [0.25, 0.3) is 5.91 Å². The molecule has 1 N–H and O–H groups in total. The molecular formula is C14H17ClN2O2. The number of nitrogens with one attached hydrogen (secondary N) is 1. The van der Waals surface area contributed by atoms with Gasteiger partial charge in [0.1, 0.15) is 11.6 Å². The monoisotopic (exact) mass is 280 g/mol. The topological polar surface area (TPSA) is 49.4 Å². The van der Waals surface area contributed by atoms with Gasteiger partial charge in [-0.2, -0.15) is 0 Å². The Balaban J connectivity index is 2.47. The van der Waals surface area contributed by atoms with E-state index < -0.39 is 11.6 Å². The number of halogens is 1. The largest absolute Gasteiger partial charge is 0.340 e. The Morgan fingerprint density at radius 3 is 2.68 bits per heavy atom. The number of carbonyl (C=O) groups is 2. The van der Waals surface area contributed by atoms with Gasteiger partial charge in [0.15, 0.2) is 0 Å². The van der Waals surface area contributed by atoms with E-state index in [0.717, 1.165) is 0 Å². The molecule has 0 spiro atoms. The highest BCUT2D eigenvalue weighted by atomic mass is 35.5. The summed E-state index contributed by atoms with van der Waals surface area (Å²) in [6.07, 6.45) is 0.543. The third kappa shape index (κ3) is 2.32. The lowest BCUT2D eigenvalue weighted by Gasteiger charge is -2.43. The molecule has 1 aliphatic heterocycles. The summed E-state index contributed by atoms with van der Waals surface area (Å²) in [6.45, 7) is 5.34. The van der Waals surface area contributed by atoms with Gasteiger partial charge >= 0.3 is 0 Å². The Morgan fingerprint density at radius 1 is 1.42 bits per heavy atom. The molecule has 5 heteroatoms. The molecule has 1 aliphatic rings. The number of rotatable bonds is 2. The van der Waals surface area contributed by atoms with Crippen LogP contribution < -0.4 is 10.2 Å². The van der Waals surface area contributed by atoms with Crippen molar-refractivity contribution in [1.82, 2.24) is 5.32 Å². The van der Waals surface area contributed by atoms with Gasteiger partial charge in [-0.1, -0.05) is 24.6 Å². The average Bonchev–Trinajstić information content (AvgIpc) is 2.37. The van der Waals surface area contributed by atoms with Crippen LogP contribution in [0.3, 0.4) is 0 Å². The van der Waals surface area contributed by atoms with Crippen molar-refractivity contribution in [1.29, 1.82) is 0 Å². The first-order chi connectivity index (χ1) is 8.89. The van der Waals surface area contributed by atoms with Gasteiger partial charge < -0.3 is 5.32 Å². The molecule has 1 saturated heterocycles. The molecule has 4 nitrogen and oxygen atoms in total. The minimum atomic E-state index is -0.855. The predicted octanol–water partition coefficient (Wildman–Crippen LogP) is 2.36. The minimum Gasteiger partial charge on any atom is -0.340 e. The van der Waals surface area contributed by atoms with Crippen molar-refractivity contribution in [2.45, 2.75) is 38.8 Å². The fourth-order valence-electron chi connectivity index (χ4n) is 2.20. The number of amides is 2. The molecule has 2 unspecified atom stereocenters. The van der Waals surface area contributed by atoms with E-state index in [1.807, 2.05) is 6.92 Å². The highest BCUT2D eigenvalue weighted by Gasteiger charge is 2.45. The zero-order valence-electron chi connectivity index (χ0n) is 11.2. The SMILES string of the molecule is CCC1(C)NC(=O)C(C)N(c2cccc(Cl)c2)C1=O. The van der Waals surface area contributed by atoms with Gasteiger partial charge in [0.05, 0.1) is 0 Å². The molecule has 0 saturated carbocycles. The van der Waals surface area contributed by atoms with Crippen LogP contribution in [0.1, 0.15) is 27.2 Å². The summed E-state index contributed by atoms with van der Waals surface area (Å²) in [5.41, 5.74) is -0.203. The Hall–Kier alpha value is -1.55. The summed E-state index contributed by atoms with van der Waals surface area (Å²) in [4.78, 5) is 26.2. The summed E-state index contributed by atoms with van der Waals surface area (Å²) < 4.78 is 0. The van der Waals surface area contributed by atoms with E-state index >= 15 is 0 Å². The Morgan fingerprint density at radius 2 is 2.11 bits per heavy atom. The predicted molar refractivity (Wildman–Crippen MR) is 75.2 cm³/mol. The summed E-state index contributed by atoms with van der Waals surface area (Å²) >= 11 is 5.96. The standard InChI is InChI=1S/C14H17ClN2O2/c1-4-14(3)13(19)17(9(2)12(18)16-14)11-7-5-6-10(15)8-11/h5-9H,4H2,1-3H3,(H,16,18). The van der Waals surface area contributed by atoms with Crippen LogP contribution in [-0.4, -0.2) is 23.4 Å². The van der Waals surface area contributed by atoms with Crippen molar-refractivity contribution in [2.75, 3.05) is 4.90 Å². The summed E-state index contributed by atoms with van der Waals surface area (Å²) in [5, 5.41) is 3.34. The number of benzene rings is 1. The highest BCUT2D eigenvalue weighted by molar-refractivity contribution is 6.31. The van der Waals surface area contributed by atoms with Gasteiger partial charge in [-0.15, -0.1) is 0 Å². The second-order valence-electron chi connectivity index (χ2n) is 5.01. The molecule has 1 aromatic carbocycles. The van der Waals surface area contributed by atoms with E-state index in [1.54, 1.807) is 38.1 Å². The maximum Gasteiger partial charge on any atom is 0.253 e. The first kappa shape index (κ1) is 13.9. The average molecular weight is 281 g/mol. The van der Waals surface area contributed by atoms with Gasteiger partial charge in [0, 0.05) is 10.7 Å². The lowest BCUT2D eigenvalue weighted by molar-refractivity contribution is -0.137. The van der Waals surface area contributed by atoms with E-state index in [-0.39, 0.29) is 11.8 Å². The van der Waals surface area contributed by atoms with Crippen LogP contribution in [0, 0.1) is 0 Å². The van der Waals surface area contributed by atoms with E-state index in [0.29, 0.717) is 17.1 Å². The van der Waals surface area contributed by atoms with Gasteiger partial charge in [0.2, 0.25) is 5.91 Å². The molecule has 0 radical (unpaired) electrons. The molecule has 1 fully saturated rings. The number of nitrogens with zero attached hydrogens (tertiary/aromatic N) is 1. The maximum atomic E-state index is 12.6. The minimum absolute atomic E-state index is 0.107. The Labute approximate surface area is 117 Å². The summed E-state index contributed by atoms with van der Waals surface area (Å²) in [5.74, 6) is -0.256. The van der Waals surface area contributed by atoms with Crippen LogP contribution in [0.2, 0.25) is 5.02 Å². The third-order valence-electron chi connectivity index (χ3n) is 3.65. The number of anilines is 1. The number of hydrogen-bond acceptors (Lipinski definition) is 2. The van der Waals surface area contributed by atoms with Crippen molar-refractivity contribution in [2.24, 2.45) is 0 Å².